The molecule has 0 saturated carbocycles. The minimum atomic E-state index is -0.598. The van der Waals surface area contributed by atoms with Crippen LogP contribution in [0.4, 0.5) is 4.39 Å². The number of nitrogens with zero attached hydrogens (tertiary/aromatic N) is 2. The number of rotatable bonds is 4. The second-order valence-electron chi connectivity index (χ2n) is 4.09. The third kappa shape index (κ3) is 4.12. The number of carbonyl (C=O) groups is 1. The number of aromatic amines is 1. The molecule has 0 spiro atoms. The first-order valence-electron chi connectivity index (χ1n) is 6.22. The number of aliphatic hydroxyl groups is 1. The maximum atomic E-state index is 13.7. The van der Waals surface area contributed by atoms with Crippen LogP contribution >= 0.6 is 0 Å². The summed E-state index contributed by atoms with van der Waals surface area (Å²) in [5.41, 5.74) is 0.349. The summed E-state index contributed by atoms with van der Waals surface area (Å²) < 4.78 is 13.7. The molecule has 7 heteroatoms. The molecule has 0 aliphatic heterocycles. The molecule has 0 saturated heterocycles. The van der Waals surface area contributed by atoms with E-state index in [1.54, 1.807) is 0 Å². The van der Waals surface area contributed by atoms with Crippen molar-refractivity contribution >= 4 is 5.91 Å². The summed E-state index contributed by atoms with van der Waals surface area (Å²) in [7, 11) is 0. The molecule has 1 aromatic heterocycles. The molecule has 6 nitrogen and oxygen atoms in total. The maximum absolute atomic E-state index is 13.7. The highest BCUT2D eigenvalue weighted by molar-refractivity contribution is 5.94. The topological polar surface area (TPSA) is 90.9 Å². The Bertz CT molecular complexity index is 674. The molecule has 0 atom stereocenters. The van der Waals surface area contributed by atoms with Crippen molar-refractivity contribution in [2.75, 3.05) is 13.2 Å². The van der Waals surface area contributed by atoms with Gasteiger partial charge in [-0.1, -0.05) is 11.8 Å². The number of hydrogen-bond donors (Lipinski definition) is 3. The van der Waals surface area contributed by atoms with Crippen molar-refractivity contribution in [3.05, 3.63) is 47.3 Å². The van der Waals surface area contributed by atoms with E-state index >= 15 is 0 Å². The molecule has 2 rings (SSSR count). The Morgan fingerprint density at radius 3 is 3.00 bits per heavy atom. The summed E-state index contributed by atoms with van der Waals surface area (Å²) in [6.45, 7) is 0.0189. The van der Waals surface area contributed by atoms with Crippen LogP contribution in [0.15, 0.2) is 24.5 Å². The SMILES string of the molecule is O=C(NCCc1ncn[nH]1)c1ccc(C#CCO)c(F)c1. The molecule has 21 heavy (non-hydrogen) atoms. The van der Waals surface area contributed by atoms with Gasteiger partial charge in [0.25, 0.3) is 5.91 Å². The molecule has 108 valence electrons. The lowest BCUT2D eigenvalue weighted by Crippen LogP contribution is -2.26. The molecular formula is C14H13FN4O2. The summed E-state index contributed by atoms with van der Waals surface area (Å²) in [5.74, 6) is 4.50. The summed E-state index contributed by atoms with van der Waals surface area (Å²) in [4.78, 5) is 15.8. The van der Waals surface area contributed by atoms with Crippen LogP contribution in [0.2, 0.25) is 0 Å². The molecule has 0 bridgehead atoms. The van der Waals surface area contributed by atoms with E-state index in [2.05, 4.69) is 32.3 Å². The van der Waals surface area contributed by atoms with Gasteiger partial charge in [0, 0.05) is 18.5 Å². The number of carbonyl (C=O) groups excluding carboxylic acids is 1. The second kappa shape index (κ2) is 7.17. The van der Waals surface area contributed by atoms with Gasteiger partial charge >= 0.3 is 0 Å². The van der Waals surface area contributed by atoms with Gasteiger partial charge in [0.1, 0.15) is 24.6 Å². The lowest BCUT2D eigenvalue weighted by Gasteiger charge is -2.04. The zero-order chi connectivity index (χ0) is 15.1. The van der Waals surface area contributed by atoms with E-state index in [4.69, 9.17) is 5.11 Å². The van der Waals surface area contributed by atoms with Gasteiger partial charge in [-0.2, -0.15) is 5.10 Å². The molecule has 3 N–H and O–H groups in total. The Labute approximate surface area is 120 Å². The Morgan fingerprint density at radius 1 is 1.48 bits per heavy atom. The van der Waals surface area contributed by atoms with Crippen molar-refractivity contribution in [3.63, 3.8) is 0 Å². The van der Waals surface area contributed by atoms with E-state index in [0.29, 0.717) is 18.8 Å². The van der Waals surface area contributed by atoms with Crippen LogP contribution < -0.4 is 5.32 Å². The zero-order valence-corrected chi connectivity index (χ0v) is 11.1. The second-order valence-corrected chi connectivity index (χ2v) is 4.09. The first-order valence-corrected chi connectivity index (χ1v) is 6.22. The molecule has 0 aliphatic rings. The van der Waals surface area contributed by atoms with Gasteiger partial charge in [0.15, 0.2) is 0 Å². The number of aromatic nitrogens is 3. The number of H-pyrrole nitrogens is 1. The summed E-state index contributed by atoms with van der Waals surface area (Å²) in [6, 6.07) is 4.00. The zero-order valence-electron chi connectivity index (χ0n) is 11.1. The van der Waals surface area contributed by atoms with Crippen LogP contribution in [0.5, 0.6) is 0 Å². The predicted octanol–water partition coefficient (Wildman–Crippen LogP) is 0.260. The van der Waals surface area contributed by atoms with Crippen LogP contribution in [0.3, 0.4) is 0 Å². The van der Waals surface area contributed by atoms with E-state index in [-0.39, 0.29) is 23.6 Å². The van der Waals surface area contributed by atoms with Gasteiger partial charge in [0.05, 0.1) is 5.56 Å². The normalized spacial score (nSPS) is 9.81. The lowest BCUT2D eigenvalue weighted by atomic mass is 10.1. The number of halogens is 1. The van der Waals surface area contributed by atoms with E-state index in [9.17, 15) is 9.18 Å². The first-order chi connectivity index (χ1) is 10.2. The minimum Gasteiger partial charge on any atom is -0.384 e. The lowest BCUT2D eigenvalue weighted by molar-refractivity contribution is 0.0953. The maximum Gasteiger partial charge on any atom is 0.251 e. The number of amides is 1. The fourth-order valence-electron chi connectivity index (χ4n) is 1.64. The van der Waals surface area contributed by atoms with Crippen LogP contribution in [0, 0.1) is 17.7 Å². The standard InChI is InChI=1S/C14H13FN4O2/c15-12-8-11(4-3-10(12)2-1-7-20)14(21)16-6-5-13-17-9-18-19-13/h3-4,8-9,20H,5-7H2,(H,16,21)(H,17,18,19). The fourth-order valence-corrected chi connectivity index (χ4v) is 1.64. The third-order valence-corrected chi connectivity index (χ3v) is 2.65. The Hall–Kier alpha value is -2.72. The summed E-state index contributed by atoms with van der Waals surface area (Å²) >= 11 is 0. The van der Waals surface area contributed by atoms with Crippen LogP contribution in [-0.2, 0) is 6.42 Å². The molecule has 0 fully saturated rings. The van der Waals surface area contributed by atoms with Crippen LogP contribution in [0.1, 0.15) is 21.7 Å². The highest BCUT2D eigenvalue weighted by Crippen LogP contribution is 2.09. The summed E-state index contributed by atoms with van der Waals surface area (Å²) in [5, 5.41) is 17.6. The molecule has 0 radical (unpaired) electrons. The predicted molar refractivity (Wildman–Crippen MR) is 72.8 cm³/mol. The number of nitrogens with one attached hydrogen (secondary N) is 2. The average molecular weight is 288 g/mol. The molecule has 1 heterocycles. The average Bonchev–Trinajstić information content (AvgIpc) is 2.99. The number of benzene rings is 1. The van der Waals surface area contributed by atoms with Crippen molar-refractivity contribution in [2.45, 2.75) is 6.42 Å². The van der Waals surface area contributed by atoms with Crippen molar-refractivity contribution in [1.82, 2.24) is 20.5 Å². The highest BCUT2D eigenvalue weighted by atomic mass is 19.1. The fraction of sp³-hybridized carbons (Fsp3) is 0.214. The Kier molecular flexibility index (Phi) is 5.01. The molecule has 0 aliphatic carbocycles. The highest BCUT2D eigenvalue weighted by Gasteiger charge is 2.08. The number of hydrogen-bond acceptors (Lipinski definition) is 4. The minimum absolute atomic E-state index is 0.141. The van der Waals surface area contributed by atoms with E-state index in [1.807, 2.05) is 0 Å². The van der Waals surface area contributed by atoms with Crippen LogP contribution in [-0.4, -0.2) is 39.3 Å². The van der Waals surface area contributed by atoms with E-state index < -0.39 is 5.82 Å². The smallest absolute Gasteiger partial charge is 0.251 e. The molecule has 2 aromatic rings. The largest absolute Gasteiger partial charge is 0.384 e. The van der Waals surface area contributed by atoms with Crippen molar-refractivity contribution in [2.24, 2.45) is 0 Å². The van der Waals surface area contributed by atoms with E-state index in [0.717, 1.165) is 6.07 Å². The summed E-state index contributed by atoms with van der Waals surface area (Å²) in [6.07, 6.45) is 1.90. The molecular weight excluding hydrogens is 275 g/mol. The van der Waals surface area contributed by atoms with E-state index in [1.165, 1.54) is 18.5 Å². The Morgan fingerprint density at radius 2 is 2.33 bits per heavy atom. The monoisotopic (exact) mass is 288 g/mol. The molecule has 0 unspecified atom stereocenters. The molecule has 1 aromatic carbocycles. The number of aliphatic hydroxyl groups excluding tert-OH is 1. The Balaban J connectivity index is 1.94. The van der Waals surface area contributed by atoms with Crippen LogP contribution in [0.25, 0.3) is 0 Å². The molecule has 1 amide bonds. The van der Waals surface area contributed by atoms with Gasteiger partial charge in [-0.3, -0.25) is 9.89 Å². The van der Waals surface area contributed by atoms with Gasteiger partial charge in [-0.05, 0) is 18.2 Å². The van der Waals surface area contributed by atoms with Gasteiger partial charge in [0.2, 0.25) is 0 Å². The first kappa shape index (κ1) is 14.7. The quantitative estimate of drug-likeness (QED) is 0.704. The van der Waals surface area contributed by atoms with Crippen molar-refractivity contribution in [3.8, 4) is 11.8 Å². The van der Waals surface area contributed by atoms with Crippen molar-refractivity contribution in [1.29, 1.82) is 0 Å². The van der Waals surface area contributed by atoms with Gasteiger partial charge < -0.3 is 10.4 Å². The third-order valence-electron chi connectivity index (χ3n) is 2.65. The van der Waals surface area contributed by atoms with Gasteiger partial charge in [-0.25, -0.2) is 9.37 Å². The van der Waals surface area contributed by atoms with Crippen molar-refractivity contribution < 1.29 is 14.3 Å². The van der Waals surface area contributed by atoms with Gasteiger partial charge in [-0.15, -0.1) is 0 Å².